The van der Waals surface area contributed by atoms with Crippen molar-refractivity contribution in [2.24, 2.45) is 5.73 Å². The van der Waals surface area contributed by atoms with Gasteiger partial charge in [-0.15, -0.1) is 24.8 Å². The van der Waals surface area contributed by atoms with Crippen LogP contribution in [0.25, 0.3) is 16.7 Å². The Morgan fingerprint density at radius 1 is 1.17 bits per heavy atom. The summed E-state index contributed by atoms with van der Waals surface area (Å²) >= 11 is 0. The predicted octanol–water partition coefficient (Wildman–Crippen LogP) is 3.52. The van der Waals surface area contributed by atoms with Crippen molar-refractivity contribution < 1.29 is 9.50 Å². The molecule has 0 unspecified atom stereocenters. The van der Waals surface area contributed by atoms with Crippen molar-refractivity contribution in [2.45, 2.75) is 19.6 Å². The van der Waals surface area contributed by atoms with E-state index in [2.05, 4.69) is 4.98 Å². The third-order valence-electron chi connectivity index (χ3n) is 3.47. The highest BCUT2D eigenvalue weighted by molar-refractivity contribution is 5.85. The molecule has 0 saturated heterocycles. The monoisotopic (exact) mass is 357 g/mol. The summed E-state index contributed by atoms with van der Waals surface area (Å²) in [5.41, 5.74) is 8.27. The fourth-order valence-electron chi connectivity index (χ4n) is 2.52. The molecule has 4 nitrogen and oxygen atoms in total. The predicted molar refractivity (Wildman–Crippen MR) is 94.0 cm³/mol. The molecular weight excluding hydrogens is 340 g/mol. The summed E-state index contributed by atoms with van der Waals surface area (Å²) in [4.78, 5) is 4.50. The van der Waals surface area contributed by atoms with E-state index in [0.29, 0.717) is 16.9 Å². The first kappa shape index (κ1) is 19.4. The number of aliphatic hydroxyl groups excluding tert-OH is 1. The smallest absolute Gasteiger partial charge is 0.131 e. The number of benzene rings is 2. The van der Waals surface area contributed by atoms with Crippen molar-refractivity contribution in [3.63, 3.8) is 0 Å². The molecule has 0 saturated carbocycles. The minimum absolute atomic E-state index is 0. The number of rotatable bonds is 3. The van der Waals surface area contributed by atoms with E-state index in [-0.39, 0.29) is 43.0 Å². The molecule has 0 aliphatic carbocycles. The molecule has 7 heteroatoms. The van der Waals surface area contributed by atoms with Crippen LogP contribution in [0, 0.1) is 5.82 Å². The lowest BCUT2D eigenvalue weighted by atomic mass is 10.1. The molecule has 2 aromatic carbocycles. The SMILES string of the molecule is C[C@H](N)c1nc2ccc(F)c(CO)c2n1-c1ccccc1.Cl.Cl. The number of para-hydroxylation sites is 1. The van der Waals surface area contributed by atoms with Gasteiger partial charge in [-0.1, -0.05) is 18.2 Å². The van der Waals surface area contributed by atoms with Crippen molar-refractivity contribution in [1.82, 2.24) is 9.55 Å². The number of aliphatic hydroxyl groups is 1. The fourth-order valence-corrected chi connectivity index (χ4v) is 2.52. The van der Waals surface area contributed by atoms with Crippen molar-refractivity contribution in [1.29, 1.82) is 0 Å². The highest BCUT2D eigenvalue weighted by atomic mass is 35.5. The summed E-state index contributed by atoms with van der Waals surface area (Å²) in [6, 6.07) is 12.1. The van der Waals surface area contributed by atoms with Gasteiger partial charge in [-0.2, -0.15) is 0 Å². The third-order valence-corrected chi connectivity index (χ3v) is 3.47. The lowest BCUT2D eigenvalue weighted by molar-refractivity contribution is 0.277. The zero-order valence-corrected chi connectivity index (χ0v) is 14.1. The molecule has 1 heterocycles. The number of aromatic nitrogens is 2. The number of imidazole rings is 1. The Hall–Kier alpha value is -1.66. The maximum absolute atomic E-state index is 14.0. The second kappa shape index (κ2) is 7.75. The minimum Gasteiger partial charge on any atom is -0.391 e. The van der Waals surface area contributed by atoms with Gasteiger partial charge in [-0.25, -0.2) is 9.37 Å². The summed E-state index contributed by atoms with van der Waals surface area (Å²) in [5.74, 6) is 0.190. The molecule has 1 atom stereocenters. The Morgan fingerprint density at radius 2 is 1.83 bits per heavy atom. The molecule has 0 aliphatic rings. The number of hydrogen-bond acceptors (Lipinski definition) is 3. The van der Waals surface area contributed by atoms with Crippen LogP contribution in [-0.4, -0.2) is 14.7 Å². The molecule has 0 amide bonds. The second-order valence-electron chi connectivity index (χ2n) is 4.98. The van der Waals surface area contributed by atoms with Crippen LogP contribution in [0.1, 0.15) is 24.4 Å². The van der Waals surface area contributed by atoms with Crippen LogP contribution in [0.2, 0.25) is 0 Å². The first-order valence-corrected chi connectivity index (χ1v) is 6.75. The fraction of sp³-hybridized carbons (Fsp3) is 0.188. The van der Waals surface area contributed by atoms with Gasteiger partial charge in [0.2, 0.25) is 0 Å². The first-order valence-electron chi connectivity index (χ1n) is 6.75. The Labute approximate surface area is 146 Å². The molecule has 1 aromatic heterocycles. The summed E-state index contributed by atoms with van der Waals surface area (Å²) < 4.78 is 15.8. The summed E-state index contributed by atoms with van der Waals surface area (Å²) in [7, 11) is 0. The van der Waals surface area contributed by atoms with Gasteiger partial charge in [-0.3, -0.25) is 4.57 Å². The van der Waals surface area contributed by atoms with Crippen LogP contribution in [-0.2, 0) is 6.61 Å². The standard InChI is InChI=1S/C16H16FN3O.2ClH/c1-10(18)16-19-14-8-7-13(17)12(9-21)15(14)20(16)11-5-3-2-4-6-11;;/h2-8,10,21H,9,18H2,1H3;2*1H/t10-;;/m0../s1. The van der Waals surface area contributed by atoms with Crippen LogP contribution in [0.4, 0.5) is 4.39 Å². The number of hydrogen-bond donors (Lipinski definition) is 2. The van der Waals surface area contributed by atoms with Crippen LogP contribution in [0.15, 0.2) is 42.5 Å². The normalized spacial score (nSPS) is 11.7. The van der Waals surface area contributed by atoms with E-state index in [4.69, 9.17) is 5.73 Å². The molecule has 0 bridgehead atoms. The van der Waals surface area contributed by atoms with Crippen molar-refractivity contribution in [2.75, 3.05) is 0 Å². The van der Waals surface area contributed by atoms with Crippen LogP contribution in [0.3, 0.4) is 0 Å². The van der Waals surface area contributed by atoms with Crippen molar-refractivity contribution in [3.05, 3.63) is 59.7 Å². The molecule has 0 spiro atoms. The van der Waals surface area contributed by atoms with E-state index >= 15 is 0 Å². The topological polar surface area (TPSA) is 64.1 Å². The lowest BCUT2D eigenvalue weighted by Gasteiger charge is -2.13. The largest absolute Gasteiger partial charge is 0.391 e. The van der Waals surface area contributed by atoms with Gasteiger partial charge in [-0.05, 0) is 31.2 Å². The first-order chi connectivity index (χ1) is 10.1. The van der Waals surface area contributed by atoms with Gasteiger partial charge in [0, 0.05) is 11.3 Å². The average Bonchev–Trinajstić information content (AvgIpc) is 2.88. The van der Waals surface area contributed by atoms with E-state index in [0.717, 1.165) is 5.69 Å². The molecular formula is C16H18Cl2FN3O. The van der Waals surface area contributed by atoms with Crippen molar-refractivity contribution >= 4 is 35.8 Å². The maximum Gasteiger partial charge on any atom is 0.131 e. The number of fused-ring (bicyclic) bond motifs is 1. The zero-order valence-electron chi connectivity index (χ0n) is 12.4. The van der Waals surface area contributed by atoms with E-state index in [1.807, 2.05) is 41.8 Å². The summed E-state index contributed by atoms with van der Waals surface area (Å²) in [6.45, 7) is 1.44. The van der Waals surface area contributed by atoms with E-state index in [1.54, 1.807) is 6.07 Å². The van der Waals surface area contributed by atoms with Gasteiger partial charge >= 0.3 is 0 Å². The van der Waals surface area contributed by atoms with Crippen LogP contribution in [0.5, 0.6) is 0 Å². The highest BCUT2D eigenvalue weighted by Gasteiger charge is 2.19. The molecule has 0 aliphatic heterocycles. The van der Waals surface area contributed by atoms with Crippen LogP contribution >= 0.6 is 24.8 Å². The Morgan fingerprint density at radius 3 is 2.39 bits per heavy atom. The molecule has 3 aromatic rings. The molecule has 0 fully saturated rings. The highest BCUT2D eigenvalue weighted by Crippen LogP contribution is 2.28. The van der Waals surface area contributed by atoms with Crippen LogP contribution < -0.4 is 5.73 Å². The van der Waals surface area contributed by atoms with E-state index < -0.39 is 5.82 Å². The minimum atomic E-state index is -0.446. The maximum atomic E-state index is 14.0. The number of halogens is 3. The second-order valence-corrected chi connectivity index (χ2v) is 4.98. The molecule has 124 valence electrons. The van der Waals surface area contributed by atoms with Gasteiger partial charge < -0.3 is 10.8 Å². The lowest BCUT2D eigenvalue weighted by Crippen LogP contribution is -2.13. The van der Waals surface area contributed by atoms with Gasteiger partial charge in [0.05, 0.1) is 23.7 Å². The molecule has 23 heavy (non-hydrogen) atoms. The van der Waals surface area contributed by atoms with Gasteiger partial charge in [0.25, 0.3) is 0 Å². The Balaban J connectivity index is 0.00000132. The van der Waals surface area contributed by atoms with Gasteiger partial charge in [0.1, 0.15) is 11.6 Å². The number of nitrogens with two attached hydrogens (primary N) is 1. The van der Waals surface area contributed by atoms with Crippen molar-refractivity contribution in [3.8, 4) is 5.69 Å². The average molecular weight is 358 g/mol. The Kier molecular flexibility index (Phi) is 6.53. The number of nitrogens with zero attached hydrogens (tertiary/aromatic N) is 2. The summed E-state index contributed by atoms with van der Waals surface area (Å²) in [5, 5.41) is 9.52. The molecule has 3 rings (SSSR count). The van der Waals surface area contributed by atoms with E-state index in [1.165, 1.54) is 6.07 Å². The molecule has 0 radical (unpaired) electrons. The zero-order chi connectivity index (χ0) is 15.0. The van der Waals surface area contributed by atoms with E-state index in [9.17, 15) is 9.50 Å². The third kappa shape index (κ3) is 3.33. The molecule has 3 N–H and O–H groups in total. The quantitative estimate of drug-likeness (QED) is 0.753. The Bertz CT molecular complexity index is 791. The van der Waals surface area contributed by atoms with Gasteiger partial charge in [0.15, 0.2) is 0 Å². The summed E-state index contributed by atoms with van der Waals surface area (Å²) in [6.07, 6.45) is 0.